The lowest BCUT2D eigenvalue weighted by Crippen LogP contribution is -2.47. The van der Waals surface area contributed by atoms with Crippen LogP contribution < -0.4 is 14.6 Å². The Morgan fingerprint density at radius 3 is 2.47 bits per heavy atom. The standard InChI is InChI=1S/C23H23NO6/c1-3-4-11-30-20-13-15(9-10-19(20)29-2)12-18-16-7-5-6-8-17(16)22(27)24(23(18)28)14-21(25)26/h5-10,12-13H,3-4,11,14H2,1-2H3,(H,25,26)/p-1/b18-12-. The number of rotatable bonds is 8. The van der Waals surface area contributed by atoms with Gasteiger partial charge in [0.05, 0.1) is 26.2 Å². The summed E-state index contributed by atoms with van der Waals surface area (Å²) in [6, 6.07) is 11.8. The van der Waals surface area contributed by atoms with Gasteiger partial charge in [0.15, 0.2) is 11.5 Å². The van der Waals surface area contributed by atoms with Gasteiger partial charge in [-0.25, -0.2) is 0 Å². The highest BCUT2D eigenvalue weighted by atomic mass is 16.5. The number of carboxylic acids is 1. The lowest BCUT2D eigenvalue weighted by Gasteiger charge is -2.28. The van der Waals surface area contributed by atoms with E-state index in [2.05, 4.69) is 6.92 Å². The van der Waals surface area contributed by atoms with Crippen molar-refractivity contribution in [1.82, 2.24) is 4.90 Å². The minimum atomic E-state index is -1.51. The molecule has 0 radical (unpaired) electrons. The van der Waals surface area contributed by atoms with Gasteiger partial charge in [-0.3, -0.25) is 14.5 Å². The first-order valence-corrected chi connectivity index (χ1v) is 9.64. The number of unbranched alkanes of at least 4 members (excludes halogenated alkanes) is 1. The Hall–Kier alpha value is -3.61. The Bertz CT molecular complexity index is 1010. The molecule has 0 saturated heterocycles. The number of benzene rings is 2. The second-order valence-electron chi connectivity index (χ2n) is 6.78. The molecule has 1 aliphatic heterocycles. The average molecular weight is 408 g/mol. The molecular weight excluding hydrogens is 386 g/mol. The number of ether oxygens (including phenoxy) is 2. The molecular formula is C23H22NO6-. The fourth-order valence-electron chi connectivity index (χ4n) is 3.20. The van der Waals surface area contributed by atoms with E-state index in [1.165, 1.54) is 0 Å². The van der Waals surface area contributed by atoms with Gasteiger partial charge in [0.1, 0.15) is 0 Å². The van der Waals surface area contributed by atoms with Crippen molar-refractivity contribution in [3.63, 3.8) is 0 Å². The number of imide groups is 1. The van der Waals surface area contributed by atoms with E-state index < -0.39 is 24.3 Å². The molecule has 0 fully saturated rings. The molecule has 7 heteroatoms. The van der Waals surface area contributed by atoms with Crippen LogP contribution >= 0.6 is 0 Å². The van der Waals surface area contributed by atoms with E-state index in [4.69, 9.17) is 9.47 Å². The second-order valence-corrected chi connectivity index (χ2v) is 6.78. The Morgan fingerprint density at radius 1 is 1.07 bits per heavy atom. The summed E-state index contributed by atoms with van der Waals surface area (Å²) in [6.45, 7) is 1.78. The number of aliphatic carboxylic acids is 1. The molecule has 2 amide bonds. The van der Waals surface area contributed by atoms with Crippen molar-refractivity contribution in [2.24, 2.45) is 0 Å². The van der Waals surface area contributed by atoms with Crippen molar-refractivity contribution in [1.29, 1.82) is 0 Å². The van der Waals surface area contributed by atoms with Crippen molar-refractivity contribution in [2.75, 3.05) is 20.3 Å². The van der Waals surface area contributed by atoms with E-state index in [1.807, 2.05) is 0 Å². The number of fused-ring (bicyclic) bond motifs is 1. The lowest BCUT2D eigenvalue weighted by molar-refractivity contribution is -0.305. The topological polar surface area (TPSA) is 96.0 Å². The van der Waals surface area contributed by atoms with E-state index in [9.17, 15) is 19.5 Å². The van der Waals surface area contributed by atoms with E-state index >= 15 is 0 Å². The van der Waals surface area contributed by atoms with Gasteiger partial charge in [-0.15, -0.1) is 0 Å². The number of hydrogen-bond acceptors (Lipinski definition) is 6. The van der Waals surface area contributed by atoms with Crippen LogP contribution in [0.2, 0.25) is 0 Å². The van der Waals surface area contributed by atoms with Crippen molar-refractivity contribution in [2.45, 2.75) is 19.8 Å². The zero-order chi connectivity index (χ0) is 21.7. The zero-order valence-corrected chi connectivity index (χ0v) is 16.8. The molecule has 7 nitrogen and oxygen atoms in total. The van der Waals surface area contributed by atoms with E-state index in [1.54, 1.807) is 55.7 Å². The number of carboxylic acid groups (broad SMARTS) is 1. The molecule has 1 heterocycles. The SMILES string of the molecule is CCCCOc1cc(/C=C2\C(=O)N(CC(=O)[O-])C(=O)c3ccccc32)ccc1OC. The Labute approximate surface area is 174 Å². The van der Waals surface area contributed by atoms with Gasteiger partial charge in [0.25, 0.3) is 11.8 Å². The number of nitrogens with zero attached hydrogens (tertiary/aromatic N) is 1. The van der Waals surface area contributed by atoms with Gasteiger partial charge < -0.3 is 19.4 Å². The highest BCUT2D eigenvalue weighted by Crippen LogP contribution is 2.33. The minimum Gasteiger partial charge on any atom is -0.548 e. The molecule has 2 aromatic carbocycles. The Kier molecular flexibility index (Phi) is 6.51. The number of methoxy groups -OCH3 is 1. The normalized spacial score (nSPS) is 14.6. The number of carbonyl (C=O) groups is 3. The van der Waals surface area contributed by atoms with Crippen molar-refractivity contribution in [3.05, 3.63) is 59.2 Å². The molecule has 3 rings (SSSR count). The average Bonchev–Trinajstić information content (AvgIpc) is 2.74. The van der Waals surface area contributed by atoms with Gasteiger partial charge in [-0.1, -0.05) is 37.6 Å². The zero-order valence-electron chi connectivity index (χ0n) is 16.8. The molecule has 0 spiro atoms. The smallest absolute Gasteiger partial charge is 0.261 e. The van der Waals surface area contributed by atoms with Crippen LogP contribution in [0.4, 0.5) is 0 Å². The molecule has 1 aliphatic rings. The molecule has 0 unspecified atom stereocenters. The molecule has 0 N–H and O–H groups in total. The Balaban J connectivity index is 2.05. The quantitative estimate of drug-likeness (QED) is 0.377. The largest absolute Gasteiger partial charge is 0.548 e. The molecule has 2 aromatic rings. The minimum absolute atomic E-state index is 0.219. The molecule has 0 aliphatic carbocycles. The van der Waals surface area contributed by atoms with Crippen LogP contribution in [-0.4, -0.2) is 42.9 Å². The number of amides is 2. The highest BCUT2D eigenvalue weighted by molar-refractivity contribution is 6.34. The molecule has 156 valence electrons. The van der Waals surface area contributed by atoms with Crippen LogP contribution in [-0.2, 0) is 9.59 Å². The maximum absolute atomic E-state index is 12.9. The lowest BCUT2D eigenvalue weighted by atomic mass is 9.92. The summed E-state index contributed by atoms with van der Waals surface area (Å²) in [7, 11) is 1.55. The summed E-state index contributed by atoms with van der Waals surface area (Å²) in [5.41, 5.74) is 1.59. The summed E-state index contributed by atoms with van der Waals surface area (Å²) in [6.07, 6.45) is 3.49. The summed E-state index contributed by atoms with van der Waals surface area (Å²) in [5.74, 6) is -1.74. The molecule has 0 atom stereocenters. The molecule has 0 bridgehead atoms. The maximum Gasteiger partial charge on any atom is 0.261 e. The molecule has 0 saturated carbocycles. The summed E-state index contributed by atoms with van der Waals surface area (Å²) >= 11 is 0. The van der Waals surface area contributed by atoms with E-state index in [0.29, 0.717) is 34.1 Å². The van der Waals surface area contributed by atoms with Crippen LogP contribution in [0.15, 0.2) is 42.5 Å². The number of carbonyl (C=O) groups excluding carboxylic acids is 3. The predicted octanol–water partition coefficient (Wildman–Crippen LogP) is 2.15. The summed E-state index contributed by atoms with van der Waals surface area (Å²) < 4.78 is 11.1. The highest BCUT2D eigenvalue weighted by Gasteiger charge is 2.34. The van der Waals surface area contributed by atoms with Crippen molar-refractivity contribution < 1.29 is 29.0 Å². The first kappa shape index (κ1) is 21.1. The molecule has 0 aromatic heterocycles. The third kappa shape index (κ3) is 4.35. The van der Waals surface area contributed by atoms with E-state index in [0.717, 1.165) is 12.8 Å². The Morgan fingerprint density at radius 2 is 1.80 bits per heavy atom. The van der Waals surface area contributed by atoms with Gasteiger partial charge in [-0.2, -0.15) is 0 Å². The van der Waals surface area contributed by atoms with Crippen molar-refractivity contribution in [3.8, 4) is 11.5 Å². The van der Waals surface area contributed by atoms with Crippen LogP contribution in [0, 0.1) is 0 Å². The first-order chi connectivity index (χ1) is 14.5. The van der Waals surface area contributed by atoms with Crippen LogP contribution in [0.25, 0.3) is 11.6 Å². The first-order valence-electron chi connectivity index (χ1n) is 9.64. The third-order valence-corrected chi connectivity index (χ3v) is 4.71. The van der Waals surface area contributed by atoms with Crippen LogP contribution in [0.5, 0.6) is 11.5 Å². The second kappa shape index (κ2) is 9.26. The fraction of sp³-hybridized carbons (Fsp3) is 0.261. The summed E-state index contributed by atoms with van der Waals surface area (Å²) in [5, 5.41) is 11.1. The van der Waals surface area contributed by atoms with Crippen molar-refractivity contribution >= 4 is 29.4 Å². The monoisotopic (exact) mass is 408 g/mol. The van der Waals surface area contributed by atoms with Crippen LogP contribution in [0.1, 0.15) is 41.3 Å². The third-order valence-electron chi connectivity index (χ3n) is 4.71. The summed E-state index contributed by atoms with van der Waals surface area (Å²) in [4.78, 5) is 37.3. The van der Waals surface area contributed by atoms with E-state index in [-0.39, 0.29) is 11.1 Å². The molecule has 30 heavy (non-hydrogen) atoms. The van der Waals surface area contributed by atoms with Gasteiger partial charge in [0, 0.05) is 11.1 Å². The van der Waals surface area contributed by atoms with Crippen LogP contribution in [0.3, 0.4) is 0 Å². The maximum atomic E-state index is 12.9. The predicted molar refractivity (Wildman–Crippen MR) is 109 cm³/mol. The fourth-order valence-corrected chi connectivity index (χ4v) is 3.20. The van der Waals surface area contributed by atoms with Gasteiger partial charge in [-0.05, 0) is 41.8 Å². The number of hydrogen-bond donors (Lipinski definition) is 0. The van der Waals surface area contributed by atoms with Gasteiger partial charge in [0.2, 0.25) is 0 Å². The van der Waals surface area contributed by atoms with Gasteiger partial charge >= 0.3 is 0 Å².